The zero-order valence-electron chi connectivity index (χ0n) is 15.7. The van der Waals surface area contributed by atoms with Crippen molar-refractivity contribution in [1.29, 1.82) is 0 Å². The van der Waals surface area contributed by atoms with Crippen LogP contribution in [-0.2, 0) is 9.53 Å². The number of quaternary nitrogens is 1. The fourth-order valence-corrected chi connectivity index (χ4v) is 3.58. The zero-order chi connectivity index (χ0) is 19.1. The van der Waals surface area contributed by atoms with Crippen molar-refractivity contribution in [2.24, 2.45) is 0 Å². The number of alkyl carbamates (subject to hydrolysis) is 1. The highest BCUT2D eigenvalue weighted by atomic mass is 32.1. The molecule has 0 spiro atoms. The molecule has 140 valence electrons. The van der Waals surface area contributed by atoms with Crippen LogP contribution in [0.3, 0.4) is 0 Å². The number of nitrogens with two attached hydrogens (primary N) is 1. The van der Waals surface area contributed by atoms with Crippen LogP contribution in [0.25, 0.3) is 0 Å². The van der Waals surface area contributed by atoms with E-state index in [0.29, 0.717) is 5.92 Å². The lowest BCUT2D eigenvalue weighted by atomic mass is 9.95. The molecule has 3 N–H and O–H groups in total. The molecule has 1 aromatic carbocycles. The summed E-state index contributed by atoms with van der Waals surface area (Å²) in [6.07, 6.45) is 0.366. The fraction of sp³-hybridized carbons (Fsp3) is 0.400. The van der Waals surface area contributed by atoms with Crippen LogP contribution in [0, 0.1) is 0 Å². The number of hydrogen-bond donors (Lipinski definition) is 2. The van der Waals surface area contributed by atoms with Crippen molar-refractivity contribution in [1.82, 2.24) is 5.32 Å². The Morgan fingerprint density at radius 1 is 1.15 bits per heavy atom. The highest BCUT2D eigenvalue weighted by Crippen LogP contribution is 2.25. The molecule has 26 heavy (non-hydrogen) atoms. The number of nitrogens with one attached hydrogen (secondary N) is 1. The number of methoxy groups -OCH3 is 1. The number of carbonyl (C=O) groups is 2. The lowest BCUT2D eigenvalue weighted by Crippen LogP contribution is -2.92. The van der Waals surface area contributed by atoms with Gasteiger partial charge in [-0.2, -0.15) is 0 Å². The van der Waals surface area contributed by atoms with E-state index in [4.69, 9.17) is 0 Å². The molecule has 1 heterocycles. The first-order chi connectivity index (χ1) is 12.5. The van der Waals surface area contributed by atoms with Gasteiger partial charge < -0.3 is 10.1 Å². The van der Waals surface area contributed by atoms with Gasteiger partial charge in [0, 0.05) is 5.56 Å². The maximum absolute atomic E-state index is 12.2. The molecule has 5 nitrogen and oxygen atoms in total. The van der Waals surface area contributed by atoms with E-state index in [1.807, 2.05) is 16.8 Å². The first kappa shape index (κ1) is 20.1. The minimum atomic E-state index is -0.735. The summed E-state index contributed by atoms with van der Waals surface area (Å²) in [5.41, 5.74) is 2.45. The number of benzene rings is 1. The summed E-state index contributed by atoms with van der Waals surface area (Å²) in [4.78, 5) is 24.6. The van der Waals surface area contributed by atoms with E-state index in [1.165, 1.54) is 17.6 Å². The second kappa shape index (κ2) is 9.50. The van der Waals surface area contributed by atoms with Crippen LogP contribution in [0.2, 0.25) is 0 Å². The predicted molar refractivity (Wildman–Crippen MR) is 103 cm³/mol. The number of amides is 2. The van der Waals surface area contributed by atoms with E-state index in [-0.39, 0.29) is 11.9 Å². The lowest BCUT2D eigenvalue weighted by Gasteiger charge is -2.20. The molecule has 0 saturated carbocycles. The Hall–Kier alpha value is -2.18. The molecule has 0 aliphatic carbocycles. The molecule has 0 bridgehead atoms. The monoisotopic (exact) mass is 375 g/mol. The largest absolute Gasteiger partial charge is 0.453 e. The Morgan fingerprint density at radius 2 is 1.81 bits per heavy atom. The van der Waals surface area contributed by atoms with Crippen LogP contribution < -0.4 is 10.6 Å². The Balaban J connectivity index is 2.19. The highest BCUT2D eigenvalue weighted by molar-refractivity contribution is 7.10. The van der Waals surface area contributed by atoms with Gasteiger partial charge in [-0.15, -0.1) is 11.3 Å². The van der Waals surface area contributed by atoms with Gasteiger partial charge in [0.2, 0.25) is 0 Å². The van der Waals surface area contributed by atoms with Gasteiger partial charge >= 0.3 is 6.09 Å². The second-order valence-electron chi connectivity index (χ2n) is 6.43. The van der Waals surface area contributed by atoms with Crippen LogP contribution in [0.4, 0.5) is 4.79 Å². The zero-order valence-corrected chi connectivity index (χ0v) is 16.5. The number of ether oxygens (including phenoxy) is 1. The first-order valence-corrected chi connectivity index (χ1v) is 9.71. The van der Waals surface area contributed by atoms with Crippen LogP contribution in [0.1, 0.15) is 55.2 Å². The van der Waals surface area contributed by atoms with Crippen LogP contribution >= 0.6 is 11.3 Å². The van der Waals surface area contributed by atoms with E-state index >= 15 is 0 Å². The molecule has 2 amide bonds. The summed E-state index contributed by atoms with van der Waals surface area (Å²) >= 11 is 1.66. The number of imide groups is 1. The summed E-state index contributed by atoms with van der Waals surface area (Å²) in [6.45, 7) is 6.19. The Labute approximate surface area is 158 Å². The van der Waals surface area contributed by atoms with Gasteiger partial charge in [0.05, 0.1) is 12.0 Å². The predicted octanol–water partition coefficient (Wildman–Crippen LogP) is 3.19. The third kappa shape index (κ3) is 5.16. The smallest absolute Gasteiger partial charge is 0.413 e. The van der Waals surface area contributed by atoms with Crippen molar-refractivity contribution in [3.05, 3.63) is 57.8 Å². The minimum absolute atomic E-state index is 0.000574. The molecule has 0 unspecified atom stereocenters. The Bertz CT molecular complexity index is 713. The van der Waals surface area contributed by atoms with Crippen molar-refractivity contribution in [3.8, 4) is 0 Å². The molecule has 0 aliphatic rings. The van der Waals surface area contributed by atoms with Crippen molar-refractivity contribution in [2.45, 2.75) is 45.2 Å². The SMILES string of the molecule is CC[C@H](C)c1ccc([C@@H]([NH2+][C@@H](C)C(=O)NC(=O)OC)c2cccs2)cc1. The first-order valence-electron chi connectivity index (χ1n) is 8.83. The Morgan fingerprint density at radius 3 is 2.35 bits per heavy atom. The molecule has 3 atom stereocenters. The maximum atomic E-state index is 12.2. The molecular weight excluding hydrogens is 348 g/mol. The third-order valence-electron chi connectivity index (χ3n) is 4.63. The van der Waals surface area contributed by atoms with Gasteiger partial charge in [-0.05, 0) is 36.3 Å². The van der Waals surface area contributed by atoms with Crippen molar-refractivity contribution < 1.29 is 19.6 Å². The fourth-order valence-electron chi connectivity index (χ4n) is 2.75. The molecule has 0 fully saturated rings. The van der Waals surface area contributed by atoms with Crippen molar-refractivity contribution >= 4 is 23.3 Å². The maximum Gasteiger partial charge on any atom is 0.413 e. The molecule has 0 radical (unpaired) electrons. The quantitative estimate of drug-likeness (QED) is 0.781. The van der Waals surface area contributed by atoms with Gasteiger partial charge in [-0.1, -0.05) is 44.2 Å². The standard InChI is InChI=1S/C20H26N2O3S/c1-5-13(2)15-8-10-16(11-9-15)18(17-7-6-12-26-17)21-14(3)19(23)22-20(24)25-4/h6-14,18,21H,5H2,1-4H3,(H,22,23,24)/p+1/t13-,14-,18+/m0/s1. The molecular formula is C20H27N2O3S+. The van der Waals surface area contributed by atoms with E-state index in [9.17, 15) is 9.59 Å². The number of rotatable bonds is 7. The average molecular weight is 376 g/mol. The van der Waals surface area contributed by atoms with Gasteiger partial charge in [-0.25, -0.2) is 4.79 Å². The summed E-state index contributed by atoms with van der Waals surface area (Å²) in [5.74, 6) is 0.160. The van der Waals surface area contributed by atoms with E-state index in [0.717, 1.165) is 12.0 Å². The topological polar surface area (TPSA) is 72.0 Å². The van der Waals surface area contributed by atoms with E-state index in [2.05, 4.69) is 54.2 Å². The molecule has 0 aliphatic heterocycles. The Kier molecular flexibility index (Phi) is 7.36. The van der Waals surface area contributed by atoms with Crippen LogP contribution in [0.5, 0.6) is 0 Å². The molecule has 6 heteroatoms. The van der Waals surface area contributed by atoms with Crippen molar-refractivity contribution in [2.75, 3.05) is 7.11 Å². The van der Waals surface area contributed by atoms with Crippen LogP contribution in [-0.4, -0.2) is 25.2 Å². The number of thiophene rings is 1. The second-order valence-corrected chi connectivity index (χ2v) is 7.41. The molecule has 0 saturated heterocycles. The summed E-state index contributed by atoms with van der Waals surface area (Å²) in [5, 5.41) is 6.24. The molecule has 2 rings (SSSR count). The summed E-state index contributed by atoms with van der Waals surface area (Å²) in [6, 6.07) is 12.2. The molecule has 2 aromatic rings. The van der Waals surface area contributed by atoms with E-state index < -0.39 is 12.1 Å². The summed E-state index contributed by atoms with van der Waals surface area (Å²) < 4.78 is 4.50. The van der Waals surface area contributed by atoms with Crippen LogP contribution in [0.15, 0.2) is 41.8 Å². The number of carbonyl (C=O) groups excluding carboxylic acids is 2. The molecule has 1 aromatic heterocycles. The van der Waals surface area contributed by atoms with Gasteiger partial charge in [0.25, 0.3) is 5.91 Å². The third-order valence-corrected chi connectivity index (χ3v) is 5.59. The highest BCUT2D eigenvalue weighted by Gasteiger charge is 2.26. The average Bonchev–Trinajstić information content (AvgIpc) is 3.19. The number of hydrogen-bond acceptors (Lipinski definition) is 4. The van der Waals surface area contributed by atoms with Crippen molar-refractivity contribution in [3.63, 3.8) is 0 Å². The van der Waals surface area contributed by atoms with Gasteiger partial charge in [0.15, 0.2) is 6.04 Å². The normalized spacial score (nSPS) is 14.3. The van der Waals surface area contributed by atoms with Gasteiger partial charge in [-0.3, -0.25) is 10.1 Å². The summed E-state index contributed by atoms with van der Waals surface area (Å²) in [7, 11) is 1.24. The van der Waals surface area contributed by atoms with E-state index in [1.54, 1.807) is 18.3 Å². The lowest BCUT2D eigenvalue weighted by molar-refractivity contribution is -0.704. The minimum Gasteiger partial charge on any atom is -0.453 e. The van der Waals surface area contributed by atoms with Gasteiger partial charge in [0.1, 0.15) is 6.04 Å².